The zero-order valence-electron chi connectivity index (χ0n) is 17.8. The molecule has 29 heavy (non-hydrogen) atoms. The van der Waals surface area contributed by atoms with Crippen LogP contribution in [0.5, 0.6) is 11.5 Å². The summed E-state index contributed by atoms with van der Waals surface area (Å²) in [5.41, 5.74) is 2.32. The van der Waals surface area contributed by atoms with Gasteiger partial charge in [0.2, 0.25) is 0 Å². The van der Waals surface area contributed by atoms with E-state index in [-0.39, 0.29) is 30.1 Å². The Morgan fingerprint density at radius 2 is 1.72 bits per heavy atom. The van der Waals surface area contributed by atoms with Crippen molar-refractivity contribution in [1.29, 1.82) is 0 Å². The second kappa shape index (κ2) is 13.3. The maximum absolute atomic E-state index is 5.63. The van der Waals surface area contributed by atoms with Gasteiger partial charge in [-0.1, -0.05) is 36.4 Å². The first-order valence-corrected chi connectivity index (χ1v) is 9.33. The number of hydrogen-bond acceptors (Lipinski definition) is 4. The first kappa shape index (κ1) is 25.0. The molecule has 2 aromatic rings. The average molecular weight is 513 g/mol. The summed E-state index contributed by atoms with van der Waals surface area (Å²) in [4.78, 5) is 6.50. The molecule has 0 heterocycles. The van der Waals surface area contributed by atoms with E-state index in [2.05, 4.69) is 33.4 Å². The summed E-state index contributed by atoms with van der Waals surface area (Å²) in [7, 11) is 8.84. The Balaban J connectivity index is 0.00000420. The molecule has 0 radical (unpaired) electrons. The maximum atomic E-state index is 5.63. The van der Waals surface area contributed by atoms with Crippen LogP contribution in [0.1, 0.15) is 17.2 Å². The lowest BCUT2D eigenvalue weighted by Crippen LogP contribution is -2.41. The van der Waals surface area contributed by atoms with Gasteiger partial charge in [-0.2, -0.15) is 0 Å². The van der Waals surface area contributed by atoms with Crippen molar-refractivity contribution in [3.05, 3.63) is 59.7 Å². The molecule has 0 aliphatic heterocycles. The van der Waals surface area contributed by atoms with Crippen molar-refractivity contribution in [2.45, 2.75) is 12.5 Å². The molecule has 0 fully saturated rings. The molecule has 2 aromatic carbocycles. The van der Waals surface area contributed by atoms with Gasteiger partial charge in [-0.3, -0.25) is 4.99 Å². The normalized spacial score (nSPS) is 12.0. The van der Waals surface area contributed by atoms with Crippen LogP contribution in [-0.2, 0) is 11.2 Å². The standard InChI is InChI=1S/C22H31N3O3.HI/c1-23-22(24-16-21(28-5)18-9-7-6-8-10-18)25(2)14-13-17-11-12-19(26-3)20(15-17)27-4;/h6-12,15,21H,13-14,16H2,1-5H3,(H,23,24);1H. The van der Waals surface area contributed by atoms with E-state index in [9.17, 15) is 0 Å². The monoisotopic (exact) mass is 513 g/mol. The fourth-order valence-electron chi connectivity index (χ4n) is 3.01. The number of hydrogen-bond donors (Lipinski definition) is 1. The number of rotatable bonds is 9. The Kier molecular flexibility index (Phi) is 11.5. The van der Waals surface area contributed by atoms with E-state index >= 15 is 0 Å². The van der Waals surface area contributed by atoms with Crippen molar-refractivity contribution in [2.24, 2.45) is 4.99 Å². The van der Waals surface area contributed by atoms with Crippen molar-refractivity contribution >= 4 is 29.9 Å². The predicted molar refractivity (Wildman–Crippen MR) is 129 cm³/mol. The van der Waals surface area contributed by atoms with Crippen LogP contribution in [0.15, 0.2) is 53.5 Å². The molecule has 0 spiro atoms. The van der Waals surface area contributed by atoms with Crippen LogP contribution >= 0.6 is 24.0 Å². The number of benzene rings is 2. The van der Waals surface area contributed by atoms with Crippen molar-refractivity contribution in [3.63, 3.8) is 0 Å². The van der Waals surface area contributed by atoms with E-state index in [1.54, 1.807) is 28.4 Å². The predicted octanol–water partition coefficient (Wildman–Crippen LogP) is 3.76. The number of ether oxygens (including phenoxy) is 3. The first-order valence-electron chi connectivity index (χ1n) is 9.33. The van der Waals surface area contributed by atoms with Gasteiger partial charge in [0.05, 0.1) is 20.3 Å². The molecular formula is C22H32IN3O3. The number of nitrogens with one attached hydrogen (secondary N) is 1. The molecule has 1 atom stereocenters. The summed E-state index contributed by atoms with van der Waals surface area (Å²) >= 11 is 0. The maximum Gasteiger partial charge on any atom is 0.193 e. The molecule has 0 bridgehead atoms. The van der Waals surface area contributed by atoms with Crippen LogP contribution in [0, 0.1) is 0 Å². The fraction of sp³-hybridized carbons (Fsp3) is 0.409. The molecule has 1 unspecified atom stereocenters. The van der Waals surface area contributed by atoms with Crippen LogP contribution in [0.2, 0.25) is 0 Å². The van der Waals surface area contributed by atoms with Gasteiger partial charge in [-0.15, -0.1) is 24.0 Å². The topological polar surface area (TPSA) is 55.3 Å². The zero-order chi connectivity index (χ0) is 20.4. The van der Waals surface area contributed by atoms with E-state index in [0.29, 0.717) is 6.54 Å². The highest BCUT2D eigenvalue weighted by Crippen LogP contribution is 2.27. The van der Waals surface area contributed by atoms with Crippen LogP contribution < -0.4 is 14.8 Å². The van der Waals surface area contributed by atoms with E-state index in [4.69, 9.17) is 14.2 Å². The molecule has 6 nitrogen and oxygen atoms in total. The molecule has 0 saturated heterocycles. The number of guanidine groups is 1. The minimum absolute atomic E-state index is 0. The zero-order valence-corrected chi connectivity index (χ0v) is 20.2. The van der Waals surface area contributed by atoms with Gasteiger partial charge in [0.1, 0.15) is 0 Å². The molecule has 0 saturated carbocycles. The molecule has 2 rings (SSSR count). The third-order valence-electron chi connectivity index (χ3n) is 4.66. The third-order valence-corrected chi connectivity index (χ3v) is 4.66. The summed E-state index contributed by atoms with van der Waals surface area (Å²) in [5.74, 6) is 2.32. The Bertz CT molecular complexity index is 756. The summed E-state index contributed by atoms with van der Waals surface area (Å²) < 4.78 is 16.3. The van der Waals surface area contributed by atoms with Crippen LogP contribution in [0.3, 0.4) is 0 Å². The van der Waals surface area contributed by atoms with Gasteiger partial charge in [0.25, 0.3) is 0 Å². The second-order valence-corrected chi connectivity index (χ2v) is 6.42. The number of methoxy groups -OCH3 is 3. The van der Waals surface area contributed by atoms with Gasteiger partial charge < -0.3 is 24.4 Å². The van der Waals surface area contributed by atoms with Gasteiger partial charge >= 0.3 is 0 Å². The largest absolute Gasteiger partial charge is 0.493 e. The summed E-state index contributed by atoms with van der Waals surface area (Å²) in [6.07, 6.45) is 0.835. The minimum Gasteiger partial charge on any atom is -0.493 e. The lowest BCUT2D eigenvalue weighted by molar-refractivity contribution is 0.106. The molecule has 160 valence electrons. The number of halogens is 1. The first-order chi connectivity index (χ1) is 13.6. The molecule has 0 aliphatic rings. The Hall–Kier alpha value is -2.00. The molecular weight excluding hydrogens is 481 g/mol. The highest BCUT2D eigenvalue weighted by Gasteiger charge is 2.13. The molecule has 0 aromatic heterocycles. The molecule has 7 heteroatoms. The highest BCUT2D eigenvalue weighted by atomic mass is 127. The molecule has 0 aliphatic carbocycles. The highest BCUT2D eigenvalue weighted by molar-refractivity contribution is 14.0. The lowest BCUT2D eigenvalue weighted by Gasteiger charge is -2.24. The van der Waals surface area contributed by atoms with Gasteiger partial charge in [0.15, 0.2) is 17.5 Å². The van der Waals surface area contributed by atoms with Crippen LogP contribution in [-0.4, -0.2) is 59.4 Å². The SMILES string of the molecule is CN=C(NCC(OC)c1ccccc1)N(C)CCc1ccc(OC)c(OC)c1.I. The van der Waals surface area contributed by atoms with E-state index < -0.39 is 0 Å². The smallest absolute Gasteiger partial charge is 0.193 e. The van der Waals surface area contributed by atoms with E-state index in [1.165, 1.54) is 5.56 Å². The van der Waals surface area contributed by atoms with Gasteiger partial charge in [-0.05, 0) is 29.7 Å². The second-order valence-electron chi connectivity index (χ2n) is 6.42. The number of likely N-dealkylation sites (N-methyl/N-ethyl adjacent to an activating group) is 1. The van der Waals surface area contributed by atoms with Crippen molar-refractivity contribution in [2.75, 3.05) is 48.5 Å². The van der Waals surface area contributed by atoms with Crippen LogP contribution in [0.25, 0.3) is 0 Å². The minimum atomic E-state index is -0.0304. The Morgan fingerprint density at radius 3 is 2.31 bits per heavy atom. The number of aliphatic imine (C=N–C) groups is 1. The molecule has 0 amide bonds. The van der Waals surface area contributed by atoms with E-state index in [1.807, 2.05) is 37.4 Å². The summed E-state index contributed by atoms with van der Waals surface area (Å²) in [6.45, 7) is 1.46. The van der Waals surface area contributed by atoms with Crippen molar-refractivity contribution in [3.8, 4) is 11.5 Å². The summed E-state index contributed by atoms with van der Waals surface area (Å²) in [5, 5.41) is 3.40. The van der Waals surface area contributed by atoms with E-state index in [0.717, 1.165) is 36.0 Å². The lowest BCUT2D eigenvalue weighted by atomic mass is 10.1. The van der Waals surface area contributed by atoms with Crippen molar-refractivity contribution in [1.82, 2.24) is 10.2 Å². The van der Waals surface area contributed by atoms with Gasteiger partial charge in [-0.25, -0.2) is 0 Å². The summed E-state index contributed by atoms with van der Waals surface area (Å²) in [6, 6.07) is 16.2. The third kappa shape index (κ3) is 7.40. The Morgan fingerprint density at radius 1 is 1.03 bits per heavy atom. The van der Waals surface area contributed by atoms with Gasteiger partial charge in [0, 0.05) is 34.3 Å². The fourth-order valence-corrected chi connectivity index (χ4v) is 3.01. The van der Waals surface area contributed by atoms with Crippen LogP contribution in [0.4, 0.5) is 0 Å². The average Bonchev–Trinajstić information content (AvgIpc) is 2.75. The Labute approximate surface area is 191 Å². The van der Waals surface area contributed by atoms with Crippen molar-refractivity contribution < 1.29 is 14.2 Å². The molecule has 1 N–H and O–H groups in total. The quantitative estimate of drug-likeness (QED) is 0.315. The number of nitrogens with zero attached hydrogens (tertiary/aromatic N) is 2.